The molecule has 2 heterocycles. The van der Waals surface area contributed by atoms with Crippen molar-refractivity contribution in [3.63, 3.8) is 0 Å². The van der Waals surface area contributed by atoms with Crippen molar-refractivity contribution in [2.24, 2.45) is 5.92 Å². The lowest BCUT2D eigenvalue weighted by Crippen LogP contribution is -2.52. The molecule has 1 aliphatic rings. The number of hydrogen-bond acceptors (Lipinski definition) is 5. The van der Waals surface area contributed by atoms with Crippen LogP contribution in [0.25, 0.3) is 11.1 Å². The van der Waals surface area contributed by atoms with Gasteiger partial charge in [-0.3, -0.25) is 19.6 Å². The zero-order valence-electron chi connectivity index (χ0n) is 18.6. The normalized spacial score (nSPS) is 15.9. The Morgan fingerprint density at radius 1 is 1.23 bits per heavy atom. The largest absolute Gasteiger partial charge is 0.481 e. The lowest BCUT2D eigenvalue weighted by atomic mass is 9.92. The van der Waals surface area contributed by atoms with Gasteiger partial charge in [0.25, 0.3) is 5.91 Å². The van der Waals surface area contributed by atoms with Crippen LogP contribution in [0.15, 0.2) is 48.7 Å². The van der Waals surface area contributed by atoms with Gasteiger partial charge in [0.05, 0.1) is 12.1 Å². The molecular formula is C24H24ClF2N5O3. The number of alkyl halides is 1. The van der Waals surface area contributed by atoms with E-state index in [0.717, 1.165) is 5.56 Å². The van der Waals surface area contributed by atoms with E-state index in [2.05, 4.69) is 20.7 Å². The number of amides is 1. The molecule has 1 amide bonds. The average Bonchev–Trinajstić information content (AvgIpc) is 3.35. The summed E-state index contributed by atoms with van der Waals surface area (Å²) in [7, 11) is 0. The van der Waals surface area contributed by atoms with E-state index in [1.54, 1.807) is 35.2 Å². The smallest absolute Gasteiger partial charge is 0.307 e. The van der Waals surface area contributed by atoms with Gasteiger partial charge in [-0.2, -0.15) is 0 Å². The summed E-state index contributed by atoms with van der Waals surface area (Å²) in [5.41, 5.74) is 1.98. The molecule has 8 nitrogen and oxygen atoms in total. The molecule has 1 fully saturated rings. The summed E-state index contributed by atoms with van der Waals surface area (Å²) in [5, 5.41) is 22.6. The number of nitrogens with zero attached hydrogens (tertiary/aromatic N) is 3. The van der Waals surface area contributed by atoms with Gasteiger partial charge in [-0.1, -0.05) is 41.1 Å². The third kappa shape index (κ3) is 6.40. The number of aliphatic carboxylic acids is 1. The van der Waals surface area contributed by atoms with Crippen LogP contribution in [-0.4, -0.2) is 69.1 Å². The topological polar surface area (TPSA) is 111 Å². The van der Waals surface area contributed by atoms with E-state index < -0.39 is 35.8 Å². The van der Waals surface area contributed by atoms with E-state index in [0.29, 0.717) is 22.6 Å². The van der Waals surface area contributed by atoms with Crippen LogP contribution in [0.3, 0.4) is 0 Å². The molecule has 0 unspecified atom stereocenters. The van der Waals surface area contributed by atoms with Crippen LogP contribution in [-0.2, 0) is 11.2 Å². The fourth-order valence-electron chi connectivity index (χ4n) is 4.15. The monoisotopic (exact) mass is 503 g/mol. The van der Waals surface area contributed by atoms with Crippen LogP contribution in [0.2, 0.25) is 5.02 Å². The number of H-pyrrole nitrogens is 1. The lowest BCUT2D eigenvalue weighted by Gasteiger charge is -2.36. The summed E-state index contributed by atoms with van der Waals surface area (Å²) >= 11 is 6.00. The molecule has 2 aromatic carbocycles. The van der Waals surface area contributed by atoms with Gasteiger partial charge >= 0.3 is 5.97 Å². The van der Waals surface area contributed by atoms with Crippen molar-refractivity contribution >= 4 is 23.5 Å². The van der Waals surface area contributed by atoms with Gasteiger partial charge in [-0.15, -0.1) is 5.10 Å². The second kappa shape index (κ2) is 10.9. The van der Waals surface area contributed by atoms with Crippen molar-refractivity contribution in [1.82, 2.24) is 25.6 Å². The highest BCUT2D eigenvalue weighted by Gasteiger charge is 2.32. The summed E-state index contributed by atoms with van der Waals surface area (Å²) < 4.78 is 27.4. The van der Waals surface area contributed by atoms with Crippen molar-refractivity contribution in [3.05, 3.63) is 70.8 Å². The fourth-order valence-corrected chi connectivity index (χ4v) is 4.32. The summed E-state index contributed by atoms with van der Waals surface area (Å²) in [6, 6.07) is 10.9. The number of hydrogen-bond donors (Lipinski definition) is 3. The first kappa shape index (κ1) is 24.7. The number of nitrogens with one attached hydrogen (secondary N) is 2. The molecule has 4 rings (SSSR count). The third-order valence-corrected chi connectivity index (χ3v) is 6.21. The molecule has 0 radical (unpaired) electrons. The Kier molecular flexibility index (Phi) is 7.72. The maximum absolute atomic E-state index is 14.2. The minimum Gasteiger partial charge on any atom is -0.481 e. The van der Waals surface area contributed by atoms with E-state index >= 15 is 0 Å². The first-order valence-corrected chi connectivity index (χ1v) is 11.5. The van der Waals surface area contributed by atoms with E-state index in [1.807, 2.05) is 0 Å². The molecule has 1 aliphatic heterocycles. The van der Waals surface area contributed by atoms with Crippen molar-refractivity contribution in [3.8, 4) is 11.1 Å². The highest BCUT2D eigenvalue weighted by atomic mass is 35.5. The fraction of sp³-hybridized carbons (Fsp3) is 0.333. The molecular weight excluding hydrogens is 480 g/mol. The Bertz CT molecular complexity index is 1170. The number of carbonyl (C=O) groups is 2. The Balaban J connectivity index is 1.50. The van der Waals surface area contributed by atoms with Gasteiger partial charge in [-0.05, 0) is 42.2 Å². The van der Waals surface area contributed by atoms with Crippen LogP contribution in [0, 0.1) is 11.7 Å². The third-order valence-electron chi connectivity index (χ3n) is 5.98. The highest BCUT2D eigenvalue weighted by molar-refractivity contribution is 6.30. The van der Waals surface area contributed by atoms with Crippen molar-refractivity contribution in [1.29, 1.82) is 0 Å². The molecule has 3 N–H and O–H groups in total. The Labute approximate surface area is 205 Å². The average molecular weight is 504 g/mol. The number of carbonyl (C=O) groups excluding carboxylic acids is 1. The molecule has 3 aromatic rings. The quantitative estimate of drug-likeness (QED) is 0.391. The lowest BCUT2D eigenvalue weighted by molar-refractivity contribution is -0.143. The minimum absolute atomic E-state index is 0.140. The van der Waals surface area contributed by atoms with Gasteiger partial charge in [0, 0.05) is 36.3 Å². The van der Waals surface area contributed by atoms with Gasteiger partial charge in [-0.25, -0.2) is 8.78 Å². The van der Waals surface area contributed by atoms with Crippen LogP contribution in [0.4, 0.5) is 8.78 Å². The standard InChI is InChI=1S/C24H24ClF2N5O3/c25-17-5-6-21(27)20(9-17)15-3-1-14(2-4-15)7-19(29-23(33)22-10-28-31-30-22)8-16(24(34)35)11-32-12-18(26)13-32/h1-6,9-10,16,18-19H,7-8,11-13H2,(H,29,33)(H,34,35)(H,28,30,31)/t16-,19+/m0/s1. The molecule has 11 heteroatoms. The maximum Gasteiger partial charge on any atom is 0.307 e. The Morgan fingerprint density at radius 2 is 1.97 bits per heavy atom. The van der Waals surface area contributed by atoms with Gasteiger partial charge in [0.1, 0.15) is 17.7 Å². The zero-order valence-corrected chi connectivity index (χ0v) is 19.4. The first-order chi connectivity index (χ1) is 16.8. The molecule has 0 aliphatic carbocycles. The van der Waals surface area contributed by atoms with Crippen LogP contribution in [0.5, 0.6) is 0 Å². The van der Waals surface area contributed by atoms with Crippen molar-refractivity contribution < 1.29 is 23.5 Å². The predicted octanol–water partition coefficient (Wildman–Crippen LogP) is 3.35. The number of benzene rings is 2. The van der Waals surface area contributed by atoms with Crippen molar-refractivity contribution in [2.75, 3.05) is 19.6 Å². The number of rotatable bonds is 10. The molecule has 184 valence electrons. The number of aromatic nitrogens is 3. The van der Waals surface area contributed by atoms with Crippen LogP contribution in [0.1, 0.15) is 22.5 Å². The Morgan fingerprint density at radius 3 is 2.60 bits per heavy atom. The number of aromatic amines is 1. The van der Waals surface area contributed by atoms with E-state index in [9.17, 15) is 23.5 Å². The maximum atomic E-state index is 14.2. The van der Waals surface area contributed by atoms with Crippen LogP contribution < -0.4 is 5.32 Å². The van der Waals surface area contributed by atoms with Crippen LogP contribution >= 0.6 is 11.6 Å². The molecule has 1 saturated heterocycles. The molecule has 0 saturated carbocycles. The number of carboxylic acids is 1. The molecule has 0 spiro atoms. The predicted molar refractivity (Wildman–Crippen MR) is 125 cm³/mol. The summed E-state index contributed by atoms with van der Waals surface area (Å²) in [6.45, 7) is 0.616. The highest BCUT2D eigenvalue weighted by Crippen LogP contribution is 2.27. The van der Waals surface area contributed by atoms with E-state index in [-0.39, 0.29) is 31.7 Å². The van der Waals surface area contributed by atoms with E-state index in [4.69, 9.17) is 11.6 Å². The number of carboxylic acid groups (broad SMARTS) is 1. The number of likely N-dealkylation sites (tertiary alicyclic amines) is 1. The first-order valence-electron chi connectivity index (χ1n) is 11.1. The molecule has 1 aromatic heterocycles. The molecule has 35 heavy (non-hydrogen) atoms. The summed E-state index contributed by atoms with van der Waals surface area (Å²) in [4.78, 5) is 26.3. The summed E-state index contributed by atoms with van der Waals surface area (Å²) in [6.07, 6.45) is 0.814. The van der Waals surface area contributed by atoms with Crippen molar-refractivity contribution in [2.45, 2.75) is 25.1 Å². The second-order valence-electron chi connectivity index (χ2n) is 8.65. The minimum atomic E-state index is -1.01. The van der Waals surface area contributed by atoms with Gasteiger partial charge in [0.15, 0.2) is 0 Å². The zero-order chi connectivity index (χ0) is 24.9. The van der Waals surface area contributed by atoms with E-state index in [1.165, 1.54) is 18.3 Å². The Hall–Kier alpha value is -3.37. The second-order valence-corrected chi connectivity index (χ2v) is 9.09. The summed E-state index contributed by atoms with van der Waals surface area (Å²) in [5.74, 6) is -2.67. The molecule has 0 bridgehead atoms. The number of halogens is 3. The SMILES string of the molecule is O=C(N[C@H](Cc1ccc(-c2cc(Cl)ccc2F)cc1)C[C@@H](CN1CC(F)C1)C(=O)O)c1cnn[nH]1. The molecule has 2 atom stereocenters. The van der Waals surface area contributed by atoms with Gasteiger partial charge < -0.3 is 10.4 Å². The van der Waals surface area contributed by atoms with Gasteiger partial charge in [0.2, 0.25) is 0 Å².